The summed E-state index contributed by atoms with van der Waals surface area (Å²) in [7, 11) is 0. The Morgan fingerprint density at radius 1 is 1.42 bits per heavy atom. The molecule has 0 spiro atoms. The number of hydrogen-bond donors (Lipinski definition) is 1. The van der Waals surface area contributed by atoms with Gasteiger partial charge < -0.3 is 5.32 Å². The van der Waals surface area contributed by atoms with E-state index in [1.165, 1.54) is 5.57 Å². The summed E-state index contributed by atoms with van der Waals surface area (Å²) in [5.41, 5.74) is 1.39. The lowest BCUT2D eigenvalue weighted by atomic mass is 10.0. The van der Waals surface area contributed by atoms with Gasteiger partial charge >= 0.3 is 0 Å². The molecule has 0 unspecified atom stereocenters. The number of piperidine rings is 1. The van der Waals surface area contributed by atoms with Crippen molar-refractivity contribution in [1.82, 2.24) is 9.88 Å². The first kappa shape index (κ1) is 14.4. The smallest absolute Gasteiger partial charge is 0.131 e. The fourth-order valence-corrected chi connectivity index (χ4v) is 2.43. The molecule has 3 nitrogen and oxygen atoms in total. The summed E-state index contributed by atoms with van der Waals surface area (Å²) in [6, 6.07) is 6.21. The van der Waals surface area contributed by atoms with Gasteiger partial charge in [0.15, 0.2) is 0 Å². The van der Waals surface area contributed by atoms with Crippen LogP contribution in [0.1, 0.15) is 26.7 Å². The van der Waals surface area contributed by atoms with Gasteiger partial charge in [-0.15, -0.1) is 0 Å². The van der Waals surface area contributed by atoms with E-state index in [0.29, 0.717) is 11.2 Å². The average molecular weight is 280 g/mol. The number of nitrogens with zero attached hydrogens (tertiary/aromatic N) is 2. The lowest BCUT2D eigenvalue weighted by Gasteiger charge is -2.32. The van der Waals surface area contributed by atoms with Crippen molar-refractivity contribution in [3.8, 4) is 0 Å². The Kier molecular flexibility index (Phi) is 5.23. The van der Waals surface area contributed by atoms with Crippen molar-refractivity contribution < 1.29 is 0 Å². The van der Waals surface area contributed by atoms with Gasteiger partial charge in [0, 0.05) is 25.7 Å². The third-order valence-electron chi connectivity index (χ3n) is 3.41. The number of likely N-dealkylation sites (tertiary alicyclic amines) is 1. The summed E-state index contributed by atoms with van der Waals surface area (Å²) in [5, 5.41) is 4.02. The zero-order valence-electron chi connectivity index (χ0n) is 11.7. The highest BCUT2D eigenvalue weighted by Gasteiger charge is 2.18. The van der Waals surface area contributed by atoms with Crippen LogP contribution in [-0.4, -0.2) is 35.6 Å². The van der Waals surface area contributed by atoms with Crippen LogP contribution >= 0.6 is 11.6 Å². The van der Waals surface area contributed by atoms with Gasteiger partial charge in [0.1, 0.15) is 11.0 Å². The molecule has 1 fully saturated rings. The molecule has 2 heterocycles. The van der Waals surface area contributed by atoms with Gasteiger partial charge in [0.05, 0.1) is 0 Å². The molecule has 1 aliphatic heterocycles. The first-order valence-corrected chi connectivity index (χ1v) is 7.26. The largest absolute Gasteiger partial charge is 0.367 e. The first-order valence-electron chi connectivity index (χ1n) is 6.88. The number of anilines is 1. The minimum atomic E-state index is 0.508. The second-order valence-corrected chi connectivity index (χ2v) is 5.73. The molecule has 2 rings (SSSR count). The zero-order chi connectivity index (χ0) is 13.7. The van der Waals surface area contributed by atoms with Gasteiger partial charge in [-0.25, -0.2) is 4.98 Å². The second kappa shape index (κ2) is 6.92. The number of allylic oxidation sites excluding steroid dienone is 1. The Labute approximate surface area is 120 Å². The van der Waals surface area contributed by atoms with Crippen molar-refractivity contribution in [3.63, 3.8) is 0 Å². The van der Waals surface area contributed by atoms with Crippen molar-refractivity contribution in [2.45, 2.75) is 32.7 Å². The lowest BCUT2D eigenvalue weighted by molar-refractivity contribution is 0.239. The molecular formula is C15H22ClN3. The summed E-state index contributed by atoms with van der Waals surface area (Å²) < 4.78 is 0. The molecule has 0 aliphatic carbocycles. The molecule has 1 N–H and O–H groups in total. The predicted octanol–water partition coefficient (Wildman–Crippen LogP) is 3.58. The maximum absolute atomic E-state index is 5.89. The summed E-state index contributed by atoms with van der Waals surface area (Å²) in [4.78, 5) is 6.77. The monoisotopic (exact) mass is 279 g/mol. The van der Waals surface area contributed by atoms with Crippen molar-refractivity contribution in [2.75, 3.05) is 25.0 Å². The third-order valence-corrected chi connectivity index (χ3v) is 3.62. The van der Waals surface area contributed by atoms with Crippen LogP contribution in [0.25, 0.3) is 0 Å². The maximum Gasteiger partial charge on any atom is 0.131 e. The summed E-state index contributed by atoms with van der Waals surface area (Å²) in [6.07, 6.45) is 4.61. The average Bonchev–Trinajstić information content (AvgIpc) is 2.38. The second-order valence-electron chi connectivity index (χ2n) is 5.35. The van der Waals surface area contributed by atoms with Gasteiger partial charge in [-0.2, -0.15) is 0 Å². The molecule has 1 aliphatic rings. The van der Waals surface area contributed by atoms with Crippen molar-refractivity contribution in [3.05, 3.63) is 35.0 Å². The molecule has 0 bridgehead atoms. The molecule has 0 atom stereocenters. The Morgan fingerprint density at radius 2 is 2.16 bits per heavy atom. The highest BCUT2D eigenvalue weighted by atomic mass is 35.5. The quantitative estimate of drug-likeness (QED) is 0.674. The molecule has 19 heavy (non-hydrogen) atoms. The molecule has 104 valence electrons. The normalized spacial score (nSPS) is 17.2. The minimum absolute atomic E-state index is 0.508. The van der Waals surface area contributed by atoms with E-state index in [9.17, 15) is 0 Å². The topological polar surface area (TPSA) is 28.2 Å². The van der Waals surface area contributed by atoms with Crippen LogP contribution in [0.4, 0.5) is 5.82 Å². The Balaban J connectivity index is 1.79. The van der Waals surface area contributed by atoms with Gasteiger partial charge in [-0.3, -0.25) is 4.90 Å². The van der Waals surface area contributed by atoms with Crippen LogP contribution in [-0.2, 0) is 0 Å². The maximum atomic E-state index is 5.89. The van der Waals surface area contributed by atoms with Gasteiger partial charge in [0.25, 0.3) is 0 Å². The van der Waals surface area contributed by atoms with Gasteiger partial charge in [0.2, 0.25) is 0 Å². The van der Waals surface area contributed by atoms with E-state index in [-0.39, 0.29) is 0 Å². The molecule has 4 heteroatoms. The van der Waals surface area contributed by atoms with Crippen LogP contribution in [0, 0.1) is 0 Å². The van der Waals surface area contributed by atoms with E-state index in [1.807, 2.05) is 12.1 Å². The van der Waals surface area contributed by atoms with E-state index in [1.54, 1.807) is 6.07 Å². The van der Waals surface area contributed by atoms with Crippen LogP contribution in [0.2, 0.25) is 5.15 Å². The number of rotatable bonds is 4. The number of halogens is 1. The SMILES string of the molecule is CC(C)=CCN1CCC(Nc2cccc(Cl)n2)CC1. The van der Waals surface area contributed by atoms with Gasteiger partial charge in [-0.1, -0.05) is 29.3 Å². The van der Waals surface area contributed by atoms with E-state index in [0.717, 1.165) is 38.3 Å². The first-order chi connectivity index (χ1) is 9.13. The Morgan fingerprint density at radius 3 is 2.79 bits per heavy atom. The fourth-order valence-electron chi connectivity index (χ4n) is 2.27. The highest BCUT2D eigenvalue weighted by molar-refractivity contribution is 6.29. The summed E-state index contributed by atoms with van der Waals surface area (Å²) in [5.74, 6) is 0.884. The van der Waals surface area contributed by atoms with Gasteiger partial charge in [-0.05, 0) is 38.8 Å². The minimum Gasteiger partial charge on any atom is -0.367 e. The molecule has 0 saturated carbocycles. The summed E-state index contributed by atoms with van der Waals surface area (Å²) in [6.45, 7) is 7.66. The fraction of sp³-hybridized carbons (Fsp3) is 0.533. The Hall–Kier alpha value is -1.06. The van der Waals surface area contributed by atoms with Crippen LogP contribution in [0.15, 0.2) is 29.8 Å². The molecule has 1 aromatic heterocycles. The zero-order valence-corrected chi connectivity index (χ0v) is 12.5. The van der Waals surface area contributed by atoms with Crippen LogP contribution in [0.5, 0.6) is 0 Å². The number of nitrogens with one attached hydrogen (secondary N) is 1. The molecular weight excluding hydrogens is 258 g/mol. The van der Waals surface area contributed by atoms with Crippen molar-refractivity contribution >= 4 is 17.4 Å². The summed E-state index contributed by atoms with van der Waals surface area (Å²) >= 11 is 5.89. The number of pyridine rings is 1. The number of hydrogen-bond acceptors (Lipinski definition) is 3. The molecule has 0 amide bonds. The van der Waals surface area contributed by atoms with Crippen LogP contribution in [0.3, 0.4) is 0 Å². The standard InChI is InChI=1S/C15H22ClN3/c1-12(2)6-9-19-10-7-13(8-11-19)17-15-5-3-4-14(16)18-15/h3-6,13H,7-11H2,1-2H3,(H,17,18). The molecule has 1 aromatic rings. The molecule has 1 saturated heterocycles. The molecule has 0 aromatic carbocycles. The third kappa shape index (κ3) is 4.84. The van der Waals surface area contributed by atoms with E-state index >= 15 is 0 Å². The van der Waals surface area contributed by atoms with Crippen molar-refractivity contribution in [2.24, 2.45) is 0 Å². The molecule has 0 radical (unpaired) electrons. The lowest BCUT2D eigenvalue weighted by Crippen LogP contribution is -2.39. The highest BCUT2D eigenvalue weighted by Crippen LogP contribution is 2.16. The Bertz CT molecular complexity index is 433. The van der Waals surface area contributed by atoms with E-state index in [4.69, 9.17) is 11.6 Å². The number of aromatic nitrogens is 1. The van der Waals surface area contributed by atoms with E-state index in [2.05, 4.69) is 35.1 Å². The predicted molar refractivity (Wildman–Crippen MR) is 81.8 cm³/mol. The van der Waals surface area contributed by atoms with E-state index < -0.39 is 0 Å². The van der Waals surface area contributed by atoms with Crippen molar-refractivity contribution in [1.29, 1.82) is 0 Å². The van der Waals surface area contributed by atoms with Crippen LogP contribution < -0.4 is 5.32 Å².